The van der Waals surface area contributed by atoms with E-state index in [2.05, 4.69) is 106 Å². The summed E-state index contributed by atoms with van der Waals surface area (Å²) in [5, 5.41) is 0. The number of allylic oxidation sites excluding steroid dienone is 20. The van der Waals surface area contributed by atoms with Crippen LogP contribution in [0, 0.1) is 0 Å². The molecule has 0 aliphatic heterocycles. The molecule has 390 valence electrons. The summed E-state index contributed by atoms with van der Waals surface area (Å²) >= 11 is 0. The van der Waals surface area contributed by atoms with Crippen LogP contribution in [0.1, 0.15) is 239 Å². The molecule has 0 amide bonds. The Kier molecular flexibility index (Phi) is 53.0. The van der Waals surface area contributed by atoms with Gasteiger partial charge in [0.05, 0.1) is 0 Å². The lowest BCUT2D eigenvalue weighted by atomic mass is 10.1. The summed E-state index contributed by atoms with van der Waals surface area (Å²) in [6, 6.07) is 0. The molecule has 0 saturated carbocycles. The maximum Gasteiger partial charge on any atom is 0.306 e. The zero-order valence-electron chi connectivity index (χ0n) is 44.5. The van der Waals surface area contributed by atoms with Crippen molar-refractivity contribution >= 4 is 17.9 Å². The van der Waals surface area contributed by atoms with Crippen LogP contribution in [-0.2, 0) is 28.6 Å². The number of unbranched alkanes of at least 4 members (excludes halogenated alkanes) is 23. The quantitative estimate of drug-likeness (QED) is 0.0199. The normalized spacial score (nSPS) is 13.0. The smallest absolute Gasteiger partial charge is 0.306 e. The van der Waals surface area contributed by atoms with E-state index in [4.69, 9.17) is 14.2 Å². The summed E-state index contributed by atoms with van der Waals surface area (Å²) in [6.45, 7) is 6.44. The summed E-state index contributed by atoms with van der Waals surface area (Å²) in [4.78, 5) is 38.1. The SMILES string of the molecule is CCC\C=C/C=C\C=C/C=C\C=C/CCCCCCCC(=O)OCC(COC(=O)CCCCC/C=C\C=C/CCCCCCCCC)OC(=O)CCC/C=C\C/C=C\C/C=C\CCCCCCCC. The molecule has 1 unspecified atom stereocenters. The number of rotatable bonds is 49. The van der Waals surface area contributed by atoms with Crippen LogP contribution in [0.5, 0.6) is 0 Å². The third kappa shape index (κ3) is 54.6. The van der Waals surface area contributed by atoms with Crippen molar-refractivity contribution in [3.8, 4) is 0 Å². The molecule has 0 rings (SSSR count). The molecule has 0 aromatic heterocycles. The van der Waals surface area contributed by atoms with Gasteiger partial charge >= 0.3 is 17.9 Å². The lowest BCUT2D eigenvalue weighted by Crippen LogP contribution is -2.30. The van der Waals surface area contributed by atoms with Crippen molar-refractivity contribution in [2.75, 3.05) is 13.2 Å². The van der Waals surface area contributed by atoms with Gasteiger partial charge in [0.2, 0.25) is 0 Å². The van der Waals surface area contributed by atoms with Gasteiger partial charge in [0, 0.05) is 19.3 Å². The Morgan fingerprint density at radius 1 is 0.304 bits per heavy atom. The van der Waals surface area contributed by atoms with Gasteiger partial charge in [-0.2, -0.15) is 0 Å². The van der Waals surface area contributed by atoms with E-state index in [1.807, 2.05) is 36.5 Å². The lowest BCUT2D eigenvalue weighted by Gasteiger charge is -2.18. The minimum Gasteiger partial charge on any atom is -0.462 e. The predicted molar refractivity (Wildman–Crippen MR) is 297 cm³/mol. The van der Waals surface area contributed by atoms with Crippen LogP contribution in [0.4, 0.5) is 0 Å². The second-order valence-corrected chi connectivity index (χ2v) is 18.3. The Bertz CT molecular complexity index is 1470. The minimum atomic E-state index is -0.830. The molecule has 6 nitrogen and oxygen atoms in total. The zero-order valence-corrected chi connectivity index (χ0v) is 44.5. The Balaban J connectivity index is 4.58. The van der Waals surface area contributed by atoms with E-state index in [9.17, 15) is 14.4 Å². The maximum absolute atomic E-state index is 12.8. The highest BCUT2D eigenvalue weighted by molar-refractivity contribution is 5.71. The fourth-order valence-electron chi connectivity index (χ4n) is 7.30. The van der Waals surface area contributed by atoms with Crippen molar-refractivity contribution in [1.82, 2.24) is 0 Å². The van der Waals surface area contributed by atoms with Gasteiger partial charge in [-0.25, -0.2) is 0 Å². The van der Waals surface area contributed by atoms with Gasteiger partial charge in [-0.05, 0) is 96.3 Å². The van der Waals surface area contributed by atoms with Crippen molar-refractivity contribution in [3.63, 3.8) is 0 Å². The van der Waals surface area contributed by atoms with Crippen LogP contribution in [0.2, 0.25) is 0 Å². The van der Waals surface area contributed by atoms with Gasteiger partial charge in [0.25, 0.3) is 0 Å². The average Bonchev–Trinajstić information content (AvgIpc) is 3.35. The first-order chi connectivity index (χ1) is 34.0. The monoisotopic (exact) mass is 955 g/mol. The third-order valence-corrected chi connectivity index (χ3v) is 11.5. The zero-order chi connectivity index (χ0) is 50.0. The minimum absolute atomic E-state index is 0.123. The van der Waals surface area contributed by atoms with Crippen LogP contribution < -0.4 is 0 Å². The second kappa shape index (κ2) is 56.4. The van der Waals surface area contributed by atoms with E-state index >= 15 is 0 Å². The largest absolute Gasteiger partial charge is 0.462 e. The summed E-state index contributed by atoms with van der Waals surface area (Å²) in [5.41, 5.74) is 0. The average molecular weight is 956 g/mol. The first-order valence-electron chi connectivity index (χ1n) is 28.1. The molecule has 0 fully saturated rings. The van der Waals surface area contributed by atoms with Crippen LogP contribution in [0.25, 0.3) is 0 Å². The molecule has 0 aromatic carbocycles. The fraction of sp³-hybridized carbons (Fsp3) is 0.635. The maximum atomic E-state index is 12.8. The highest BCUT2D eigenvalue weighted by atomic mass is 16.6. The van der Waals surface area contributed by atoms with Gasteiger partial charge in [-0.15, -0.1) is 0 Å². The molecule has 0 aromatic rings. The Hall–Kier alpha value is -4.19. The van der Waals surface area contributed by atoms with Crippen molar-refractivity contribution < 1.29 is 28.6 Å². The van der Waals surface area contributed by atoms with Crippen LogP contribution in [0.15, 0.2) is 122 Å². The molecule has 0 bridgehead atoms. The number of ether oxygens (including phenoxy) is 3. The molecular formula is C63H102O6. The van der Waals surface area contributed by atoms with E-state index < -0.39 is 6.10 Å². The molecule has 6 heteroatoms. The molecule has 0 heterocycles. The van der Waals surface area contributed by atoms with Crippen molar-refractivity contribution in [1.29, 1.82) is 0 Å². The molecule has 0 aliphatic carbocycles. The Morgan fingerprint density at radius 3 is 1.07 bits per heavy atom. The van der Waals surface area contributed by atoms with E-state index in [-0.39, 0.29) is 37.5 Å². The molecule has 0 saturated heterocycles. The number of hydrogen-bond donors (Lipinski definition) is 0. The van der Waals surface area contributed by atoms with Gasteiger partial charge < -0.3 is 14.2 Å². The number of esters is 3. The molecule has 0 aliphatic rings. The summed E-state index contributed by atoms with van der Waals surface area (Å²) in [7, 11) is 0. The highest BCUT2D eigenvalue weighted by Gasteiger charge is 2.19. The van der Waals surface area contributed by atoms with Gasteiger partial charge in [0.15, 0.2) is 6.10 Å². The second-order valence-electron chi connectivity index (χ2n) is 18.3. The highest BCUT2D eigenvalue weighted by Crippen LogP contribution is 2.13. The van der Waals surface area contributed by atoms with E-state index in [0.717, 1.165) is 96.3 Å². The van der Waals surface area contributed by atoms with Gasteiger partial charge in [-0.1, -0.05) is 245 Å². The Labute approximate surface area is 424 Å². The number of hydrogen-bond acceptors (Lipinski definition) is 6. The topological polar surface area (TPSA) is 78.9 Å². The van der Waals surface area contributed by atoms with E-state index in [1.54, 1.807) is 0 Å². The van der Waals surface area contributed by atoms with Crippen LogP contribution >= 0.6 is 0 Å². The molecule has 0 spiro atoms. The molecule has 69 heavy (non-hydrogen) atoms. The molecular weight excluding hydrogens is 853 g/mol. The van der Waals surface area contributed by atoms with Crippen molar-refractivity contribution in [2.45, 2.75) is 245 Å². The summed E-state index contributed by atoms with van der Waals surface area (Å²) < 4.78 is 16.8. The van der Waals surface area contributed by atoms with Crippen molar-refractivity contribution in [2.24, 2.45) is 0 Å². The summed E-state index contributed by atoms with van der Waals surface area (Å²) in [6.07, 6.45) is 77.6. The first kappa shape index (κ1) is 64.8. The summed E-state index contributed by atoms with van der Waals surface area (Å²) in [5.74, 6) is -1.03. The van der Waals surface area contributed by atoms with Crippen LogP contribution in [0.3, 0.4) is 0 Å². The number of carbonyl (C=O) groups is 3. The van der Waals surface area contributed by atoms with Crippen LogP contribution in [-0.4, -0.2) is 37.2 Å². The number of carbonyl (C=O) groups excluding carboxylic acids is 3. The predicted octanol–water partition coefficient (Wildman–Crippen LogP) is 18.9. The first-order valence-corrected chi connectivity index (χ1v) is 28.1. The molecule has 0 N–H and O–H groups in total. The lowest BCUT2D eigenvalue weighted by molar-refractivity contribution is -0.167. The molecule has 0 radical (unpaired) electrons. The Morgan fingerprint density at radius 2 is 0.623 bits per heavy atom. The standard InChI is InChI=1S/C63H102O6/c1-4-7-10-13-16-19-22-25-28-31-33-35-38-41-44-47-50-53-56-62(65)68-59-60(58-67-61(64)55-52-49-46-43-40-37-34-30-27-24-21-18-15-12-9-6-3)69-63(66)57-54-51-48-45-42-39-36-32-29-26-23-20-17-14-11-8-5-2/h10,13,16,19,22,25-26,28-31,33-37,39-40,45,48,60H,4-9,11-12,14-15,17-18,20-21,23-24,27,32,38,41-44,46-47,49-59H2,1-3H3/b13-10-,19-16-,25-22-,29-26-,31-28-,34-30-,35-33-,39-36-,40-37-,48-45-. The van der Waals surface area contributed by atoms with Crippen molar-refractivity contribution in [3.05, 3.63) is 122 Å². The third-order valence-electron chi connectivity index (χ3n) is 11.5. The molecule has 1 atom stereocenters. The fourth-order valence-corrected chi connectivity index (χ4v) is 7.30. The van der Waals surface area contributed by atoms with Gasteiger partial charge in [-0.3, -0.25) is 14.4 Å². The van der Waals surface area contributed by atoms with Gasteiger partial charge in [0.1, 0.15) is 13.2 Å². The van der Waals surface area contributed by atoms with E-state index in [0.29, 0.717) is 19.3 Å². The van der Waals surface area contributed by atoms with E-state index in [1.165, 1.54) is 96.3 Å².